The zero-order chi connectivity index (χ0) is 25.6. The second-order valence-electron chi connectivity index (χ2n) is 8.20. The maximum Gasteiger partial charge on any atom is 0.339 e. The normalized spacial score (nSPS) is 12.3. The van der Waals surface area contributed by atoms with E-state index in [-0.39, 0.29) is 19.8 Å². The molecule has 0 radical (unpaired) electrons. The number of unbranched alkanes of at least 4 members (excludes halogenated alkanes) is 9. The van der Waals surface area contributed by atoms with Gasteiger partial charge in [0.05, 0.1) is 19.8 Å². The Labute approximate surface area is 199 Å². The van der Waals surface area contributed by atoms with Crippen molar-refractivity contribution < 1.29 is 44.0 Å². The molecule has 0 aromatic heterocycles. The van der Waals surface area contributed by atoms with Gasteiger partial charge in [-0.25, -0.2) is 0 Å². The molecule has 0 saturated heterocycles. The second kappa shape index (κ2) is 22.6. The van der Waals surface area contributed by atoms with Crippen LogP contribution in [-0.2, 0) is 9.13 Å². The van der Waals surface area contributed by atoms with Crippen LogP contribution in [0.4, 0.5) is 0 Å². The van der Waals surface area contributed by atoms with E-state index >= 15 is 0 Å². The lowest BCUT2D eigenvalue weighted by Gasteiger charge is -2.22. The van der Waals surface area contributed by atoms with Crippen LogP contribution in [0.15, 0.2) is 0 Å². The average Bonchev–Trinajstić information content (AvgIpc) is 2.68. The molecule has 0 heterocycles. The predicted octanol–water partition coefficient (Wildman–Crippen LogP) is 1.74. The number of hydrogen-bond acceptors (Lipinski definition) is 7. The lowest BCUT2D eigenvalue weighted by atomic mass is 10.1. The van der Waals surface area contributed by atoms with E-state index in [4.69, 9.17) is 34.9 Å². The fraction of sp³-hybridized carbons (Fsp3) is 1.00. The summed E-state index contributed by atoms with van der Waals surface area (Å²) in [6.45, 7) is 4.25. The van der Waals surface area contributed by atoms with Crippen molar-refractivity contribution in [3.63, 3.8) is 0 Å². The fourth-order valence-corrected chi connectivity index (χ4v) is 4.97. The van der Waals surface area contributed by atoms with E-state index in [2.05, 4.69) is 6.92 Å². The van der Waals surface area contributed by atoms with Gasteiger partial charge in [-0.1, -0.05) is 64.7 Å². The van der Waals surface area contributed by atoms with Crippen molar-refractivity contribution in [2.45, 2.75) is 71.1 Å². The van der Waals surface area contributed by atoms with Gasteiger partial charge in [0, 0.05) is 19.6 Å². The Morgan fingerprint density at radius 3 is 1.15 bits per heavy atom. The van der Waals surface area contributed by atoms with Crippen LogP contribution in [0.2, 0.25) is 0 Å². The molecule has 0 unspecified atom stereocenters. The molecule has 0 aliphatic rings. The van der Waals surface area contributed by atoms with Gasteiger partial charge in [0.25, 0.3) is 0 Å². The van der Waals surface area contributed by atoms with Crippen LogP contribution >= 0.6 is 15.2 Å². The summed E-state index contributed by atoms with van der Waals surface area (Å²) in [6, 6.07) is 0. The topological polar surface area (TPSA) is 182 Å². The van der Waals surface area contributed by atoms with Gasteiger partial charge in [-0.15, -0.1) is 0 Å². The highest BCUT2D eigenvalue weighted by molar-refractivity contribution is 7.52. The van der Waals surface area contributed by atoms with Crippen LogP contribution in [0.3, 0.4) is 0 Å². The summed E-state index contributed by atoms with van der Waals surface area (Å²) >= 11 is 0. The molecule has 0 atom stereocenters. The van der Waals surface area contributed by atoms with Crippen LogP contribution in [0.1, 0.15) is 71.1 Å². The smallest absolute Gasteiger partial charge is 0.339 e. The summed E-state index contributed by atoms with van der Waals surface area (Å²) < 4.78 is 22.0. The molecule has 0 fully saturated rings. The second-order valence-corrected chi connectivity index (χ2v) is 11.4. The van der Waals surface area contributed by atoms with Crippen LogP contribution in [0.5, 0.6) is 0 Å². The van der Waals surface area contributed by atoms with Crippen molar-refractivity contribution in [2.24, 2.45) is 0 Å². The van der Waals surface area contributed by atoms with E-state index < -0.39 is 27.8 Å². The molecule has 13 heteroatoms. The van der Waals surface area contributed by atoms with Crippen molar-refractivity contribution in [2.75, 3.05) is 58.6 Å². The molecule has 0 aliphatic heterocycles. The summed E-state index contributed by atoms with van der Waals surface area (Å²) in [5.41, 5.74) is 0. The fourth-order valence-electron chi connectivity index (χ4n) is 3.29. The van der Waals surface area contributed by atoms with Crippen LogP contribution in [0.25, 0.3) is 0 Å². The Kier molecular flexibility index (Phi) is 24.1. The van der Waals surface area contributed by atoms with Gasteiger partial charge in [-0.05, 0) is 13.0 Å². The molecule has 0 amide bonds. The van der Waals surface area contributed by atoms with Crippen molar-refractivity contribution in [1.82, 2.24) is 9.80 Å². The third kappa shape index (κ3) is 30.1. The zero-order valence-corrected chi connectivity index (χ0v) is 22.0. The Bertz CT molecular complexity index is 479. The standard InChI is InChI=1S/C14H33NO6P2.C6H15NO3/c1-2-3-4-5-6-7-8-9-10-11-12-15(13-22(16,17)18)14-23(19,20)21;8-4-1-7(2-5-9)3-6-10/h2-14H2,1H3,(H2,16,17,18)(H2,19,20,21);8-10H,1-6H2. The lowest BCUT2D eigenvalue weighted by Crippen LogP contribution is -2.32. The first-order valence-corrected chi connectivity index (χ1v) is 15.4. The molecular formula is C20H48N2O9P2. The highest BCUT2D eigenvalue weighted by Crippen LogP contribution is 2.40. The number of rotatable bonds is 21. The van der Waals surface area contributed by atoms with Crippen LogP contribution in [0, 0.1) is 0 Å². The first-order valence-electron chi connectivity index (χ1n) is 11.9. The molecular weight excluding hydrogens is 474 g/mol. The molecule has 7 N–H and O–H groups in total. The van der Waals surface area contributed by atoms with Gasteiger partial charge in [-0.2, -0.15) is 0 Å². The van der Waals surface area contributed by atoms with Gasteiger partial charge in [0.15, 0.2) is 0 Å². The molecule has 0 aromatic carbocycles. The van der Waals surface area contributed by atoms with E-state index in [0.29, 0.717) is 32.6 Å². The van der Waals surface area contributed by atoms with E-state index in [9.17, 15) is 9.13 Å². The summed E-state index contributed by atoms with van der Waals surface area (Å²) in [7, 11) is -8.61. The molecule has 0 bridgehead atoms. The third-order valence-corrected chi connectivity index (χ3v) is 6.38. The van der Waals surface area contributed by atoms with Gasteiger partial charge in [0.2, 0.25) is 0 Å². The van der Waals surface area contributed by atoms with Crippen LogP contribution in [-0.4, -0.2) is 103 Å². The summed E-state index contributed by atoms with van der Waals surface area (Å²) in [5, 5.41) is 25.5. The molecule has 0 spiro atoms. The van der Waals surface area contributed by atoms with E-state index in [1.165, 1.54) is 43.4 Å². The lowest BCUT2D eigenvalue weighted by molar-refractivity contribution is 0.136. The molecule has 0 rings (SSSR count). The van der Waals surface area contributed by atoms with Gasteiger partial charge < -0.3 is 34.9 Å². The van der Waals surface area contributed by atoms with E-state index in [0.717, 1.165) is 19.3 Å². The predicted molar refractivity (Wildman–Crippen MR) is 130 cm³/mol. The molecule has 202 valence electrons. The Morgan fingerprint density at radius 1 is 0.515 bits per heavy atom. The molecule has 0 aromatic rings. The first-order chi connectivity index (χ1) is 15.5. The van der Waals surface area contributed by atoms with Crippen molar-refractivity contribution in [1.29, 1.82) is 0 Å². The minimum Gasteiger partial charge on any atom is -0.395 e. The number of aliphatic hydroxyl groups excluding tert-OH is 3. The Morgan fingerprint density at radius 2 is 0.848 bits per heavy atom. The van der Waals surface area contributed by atoms with E-state index in [1.54, 1.807) is 4.90 Å². The average molecular weight is 523 g/mol. The quantitative estimate of drug-likeness (QED) is 0.0861. The highest BCUT2D eigenvalue weighted by Gasteiger charge is 2.25. The summed E-state index contributed by atoms with van der Waals surface area (Å²) in [5.74, 6) is 0. The molecule has 0 saturated carbocycles. The number of aliphatic hydroxyl groups is 3. The Balaban J connectivity index is 0. The largest absolute Gasteiger partial charge is 0.395 e. The zero-order valence-electron chi connectivity index (χ0n) is 20.2. The SMILES string of the molecule is CCCCCCCCCCCCN(CP(=O)(O)O)CP(=O)(O)O.OCCN(CCO)CCO. The van der Waals surface area contributed by atoms with Crippen LogP contribution < -0.4 is 0 Å². The van der Waals surface area contributed by atoms with Gasteiger partial charge in [-0.3, -0.25) is 18.9 Å². The number of hydrogen-bond donors (Lipinski definition) is 7. The molecule has 11 nitrogen and oxygen atoms in total. The van der Waals surface area contributed by atoms with Crippen molar-refractivity contribution in [3.8, 4) is 0 Å². The first kappa shape index (κ1) is 35.3. The minimum atomic E-state index is -4.31. The molecule has 33 heavy (non-hydrogen) atoms. The Hall–Kier alpha value is 0.100. The highest BCUT2D eigenvalue weighted by atomic mass is 31.2. The number of nitrogens with zero attached hydrogens (tertiary/aromatic N) is 2. The van der Waals surface area contributed by atoms with Gasteiger partial charge >= 0.3 is 15.2 Å². The third-order valence-electron chi connectivity index (χ3n) is 4.85. The molecule has 0 aliphatic carbocycles. The summed E-state index contributed by atoms with van der Waals surface area (Å²) in [4.78, 5) is 38.8. The monoisotopic (exact) mass is 522 g/mol. The summed E-state index contributed by atoms with van der Waals surface area (Å²) in [6.07, 6.45) is 10.2. The minimum absolute atomic E-state index is 0.0694. The maximum atomic E-state index is 11.0. The van der Waals surface area contributed by atoms with Gasteiger partial charge in [0.1, 0.15) is 12.6 Å². The van der Waals surface area contributed by atoms with Crippen molar-refractivity contribution in [3.05, 3.63) is 0 Å². The van der Waals surface area contributed by atoms with E-state index in [1.807, 2.05) is 0 Å². The maximum absolute atomic E-state index is 11.0. The van der Waals surface area contributed by atoms with Crippen molar-refractivity contribution >= 4 is 15.2 Å².